The molecule has 144 valence electrons. The van der Waals surface area contributed by atoms with E-state index in [0.717, 1.165) is 28.6 Å². The van der Waals surface area contributed by atoms with E-state index < -0.39 is 0 Å². The van der Waals surface area contributed by atoms with Crippen molar-refractivity contribution < 1.29 is 4.74 Å². The second-order valence-electron chi connectivity index (χ2n) is 5.73. The molecule has 0 saturated heterocycles. The first kappa shape index (κ1) is 22.8. The fraction of sp³-hybridized carbons (Fsp3) is 0.471. The smallest absolute Gasteiger partial charge is 0.194 e. The van der Waals surface area contributed by atoms with Gasteiger partial charge in [-0.2, -0.15) is 0 Å². The lowest BCUT2D eigenvalue weighted by Gasteiger charge is -2.23. The highest BCUT2D eigenvalue weighted by molar-refractivity contribution is 14.0. The van der Waals surface area contributed by atoms with E-state index in [0.29, 0.717) is 19.7 Å². The molecule has 0 fully saturated rings. The summed E-state index contributed by atoms with van der Waals surface area (Å²) in [5.41, 5.74) is 1.20. The summed E-state index contributed by atoms with van der Waals surface area (Å²) in [5.74, 6) is 2.51. The van der Waals surface area contributed by atoms with Crippen LogP contribution >= 0.6 is 39.9 Å². The third-order valence-corrected chi connectivity index (χ3v) is 4.64. The molecule has 0 unspecified atom stereocenters. The van der Waals surface area contributed by atoms with Crippen molar-refractivity contribution in [3.63, 3.8) is 0 Å². The predicted octanol–water partition coefficient (Wildman–Crippen LogP) is 2.73. The largest absolute Gasteiger partial charge is 0.383 e. The molecule has 0 atom stereocenters. The molecular weight excluding hydrogens is 511 g/mol. The third-order valence-electron chi connectivity index (χ3n) is 3.87. The van der Waals surface area contributed by atoms with E-state index in [4.69, 9.17) is 9.73 Å². The van der Waals surface area contributed by atoms with Crippen molar-refractivity contribution in [1.82, 2.24) is 25.0 Å². The average molecular weight is 537 g/mol. The number of hydrogen-bond acceptors (Lipinski definition) is 4. The van der Waals surface area contributed by atoms with Gasteiger partial charge in [-0.15, -0.1) is 34.2 Å². The molecule has 1 N–H and O–H groups in total. The second-order valence-corrected chi connectivity index (χ2v) is 6.58. The number of nitrogens with zero attached hydrogens (tertiary/aromatic N) is 5. The second kappa shape index (κ2) is 11.5. The quantitative estimate of drug-likeness (QED) is 0.255. The summed E-state index contributed by atoms with van der Waals surface area (Å²) in [6.07, 6.45) is 0. The van der Waals surface area contributed by atoms with Gasteiger partial charge in [-0.1, -0.05) is 34.1 Å². The van der Waals surface area contributed by atoms with Gasteiger partial charge in [0.1, 0.15) is 12.4 Å². The highest BCUT2D eigenvalue weighted by Crippen LogP contribution is 2.17. The van der Waals surface area contributed by atoms with Crippen LogP contribution in [-0.4, -0.2) is 52.9 Å². The maximum atomic E-state index is 5.12. The van der Waals surface area contributed by atoms with E-state index in [1.165, 1.54) is 5.56 Å². The minimum Gasteiger partial charge on any atom is -0.383 e. The Bertz CT molecular complexity index is 721. The first-order valence-electron chi connectivity index (χ1n) is 8.09. The van der Waals surface area contributed by atoms with Crippen molar-refractivity contribution in [3.05, 3.63) is 46.0 Å². The summed E-state index contributed by atoms with van der Waals surface area (Å²) in [6.45, 7) is 4.43. The van der Waals surface area contributed by atoms with E-state index in [-0.39, 0.29) is 24.0 Å². The molecule has 1 aromatic carbocycles. The number of aliphatic imine (C=N–C) groups is 1. The minimum atomic E-state index is 0. The van der Waals surface area contributed by atoms with Crippen molar-refractivity contribution in [3.8, 4) is 0 Å². The molecule has 0 spiro atoms. The number of halogens is 2. The summed E-state index contributed by atoms with van der Waals surface area (Å²) in [5, 5.41) is 11.6. The molecule has 0 radical (unpaired) electrons. The number of methoxy groups -OCH3 is 1. The number of ether oxygens (including phenoxy) is 1. The molecule has 0 saturated carbocycles. The zero-order chi connectivity index (χ0) is 18.2. The summed E-state index contributed by atoms with van der Waals surface area (Å²) < 4.78 is 8.16. The molecule has 0 bridgehead atoms. The van der Waals surface area contributed by atoms with E-state index in [9.17, 15) is 0 Å². The Morgan fingerprint density at radius 1 is 1.35 bits per heavy atom. The van der Waals surface area contributed by atoms with Gasteiger partial charge in [0.05, 0.1) is 6.61 Å². The van der Waals surface area contributed by atoms with Gasteiger partial charge < -0.3 is 19.5 Å². The number of hydrogen-bond donors (Lipinski definition) is 1. The average Bonchev–Trinajstić information content (AvgIpc) is 2.92. The van der Waals surface area contributed by atoms with Gasteiger partial charge >= 0.3 is 0 Å². The lowest BCUT2D eigenvalue weighted by Crippen LogP contribution is -2.40. The van der Waals surface area contributed by atoms with E-state index in [1.807, 2.05) is 43.8 Å². The van der Waals surface area contributed by atoms with Crippen LogP contribution < -0.4 is 5.32 Å². The molecule has 0 aliphatic carbocycles. The lowest BCUT2D eigenvalue weighted by atomic mass is 10.2. The molecule has 2 rings (SSSR count). The Morgan fingerprint density at radius 2 is 2.08 bits per heavy atom. The van der Waals surface area contributed by atoms with E-state index in [1.54, 1.807) is 7.11 Å². The van der Waals surface area contributed by atoms with Gasteiger partial charge in [0.2, 0.25) is 0 Å². The Morgan fingerprint density at radius 3 is 2.69 bits per heavy atom. The number of aryl methyl sites for hydroxylation is 1. The van der Waals surface area contributed by atoms with Gasteiger partial charge in [-0.05, 0) is 18.6 Å². The van der Waals surface area contributed by atoms with Crippen LogP contribution in [0.2, 0.25) is 0 Å². The number of nitrogens with one attached hydrogen (secondary N) is 1. The third kappa shape index (κ3) is 6.51. The van der Waals surface area contributed by atoms with Crippen LogP contribution in [-0.2, 0) is 24.9 Å². The lowest BCUT2D eigenvalue weighted by molar-refractivity contribution is 0.203. The fourth-order valence-corrected chi connectivity index (χ4v) is 2.68. The monoisotopic (exact) mass is 536 g/mol. The number of benzene rings is 1. The van der Waals surface area contributed by atoms with Gasteiger partial charge in [0.25, 0.3) is 0 Å². The molecule has 1 heterocycles. The van der Waals surface area contributed by atoms with Crippen LogP contribution in [0.4, 0.5) is 0 Å². The first-order valence-corrected chi connectivity index (χ1v) is 8.89. The molecule has 2 aromatic rings. The van der Waals surface area contributed by atoms with Crippen LogP contribution in [0.15, 0.2) is 33.7 Å². The van der Waals surface area contributed by atoms with Gasteiger partial charge in [-0.25, -0.2) is 4.99 Å². The first-order chi connectivity index (χ1) is 12.0. The molecule has 26 heavy (non-hydrogen) atoms. The van der Waals surface area contributed by atoms with Gasteiger partial charge in [-0.3, -0.25) is 0 Å². The van der Waals surface area contributed by atoms with Crippen LogP contribution in [0.25, 0.3) is 0 Å². The topological polar surface area (TPSA) is 67.6 Å². The van der Waals surface area contributed by atoms with E-state index in [2.05, 4.69) is 42.4 Å². The summed E-state index contributed by atoms with van der Waals surface area (Å²) >= 11 is 3.60. The molecule has 0 amide bonds. The van der Waals surface area contributed by atoms with Gasteiger partial charge in [0.15, 0.2) is 11.8 Å². The SMILES string of the molecule is COCCNC(=NCc1nnc(C)n1C)N(C)Cc1ccccc1Br.I. The summed E-state index contributed by atoms with van der Waals surface area (Å²) in [6, 6.07) is 8.18. The Kier molecular flexibility index (Phi) is 10.1. The highest BCUT2D eigenvalue weighted by atomic mass is 127. The molecular formula is C17H26BrIN6O. The van der Waals surface area contributed by atoms with Crippen LogP contribution in [0.3, 0.4) is 0 Å². The zero-order valence-electron chi connectivity index (χ0n) is 15.6. The van der Waals surface area contributed by atoms with Crippen LogP contribution in [0.5, 0.6) is 0 Å². The van der Waals surface area contributed by atoms with E-state index >= 15 is 0 Å². The Labute approximate surface area is 180 Å². The minimum absolute atomic E-state index is 0. The maximum absolute atomic E-state index is 5.12. The highest BCUT2D eigenvalue weighted by Gasteiger charge is 2.10. The predicted molar refractivity (Wildman–Crippen MR) is 118 cm³/mol. The number of aromatic nitrogens is 3. The number of guanidine groups is 1. The van der Waals surface area contributed by atoms with Gasteiger partial charge in [0, 0.05) is 38.8 Å². The van der Waals surface area contributed by atoms with Crippen molar-refractivity contribution in [2.24, 2.45) is 12.0 Å². The molecule has 1 aromatic heterocycles. The summed E-state index contributed by atoms with van der Waals surface area (Å²) in [7, 11) is 5.65. The molecule has 0 aliphatic rings. The molecule has 0 aliphatic heterocycles. The van der Waals surface area contributed by atoms with Crippen molar-refractivity contribution in [2.75, 3.05) is 27.3 Å². The zero-order valence-corrected chi connectivity index (χ0v) is 19.5. The van der Waals surface area contributed by atoms with Crippen molar-refractivity contribution in [2.45, 2.75) is 20.0 Å². The Hall–Kier alpha value is -1.20. The standard InChI is InChI=1S/C17H25BrN6O.HI/c1-13-21-22-16(24(13)3)11-20-17(19-9-10-25-4)23(2)12-14-7-5-6-8-15(14)18;/h5-8H,9-12H2,1-4H3,(H,19,20);1H. The normalized spacial score (nSPS) is 11.2. The number of rotatable bonds is 7. The fourth-order valence-electron chi connectivity index (χ4n) is 2.27. The van der Waals surface area contributed by atoms with Crippen LogP contribution in [0.1, 0.15) is 17.2 Å². The van der Waals surface area contributed by atoms with Crippen molar-refractivity contribution in [1.29, 1.82) is 0 Å². The molecule has 7 nitrogen and oxygen atoms in total. The Balaban J connectivity index is 0.00000338. The summed E-state index contributed by atoms with van der Waals surface area (Å²) in [4.78, 5) is 6.79. The van der Waals surface area contributed by atoms with Crippen molar-refractivity contribution >= 4 is 45.9 Å². The van der Waals surface area contributed by atoms with Crippen LogP contribution in [0, 0.1) is 6.92 Å². The maximum Gasteiger partial charge on any atom is 0.194 e. The molecule has 9 heteroatoms.